The Morgan fingerprint density at radius 2 is 1.55 bits per heavy atom. The topological polar surface area (TPSA) is 74.7 Å². The van der Waals surface area contributed by atoms with Gasteiger partial charge < -0.3 is 5.11 Å². The minimum atomic E-state index is -0.480. The van der Waals surface area contributed by atoms with Crippen molar-refractivity contribution in [1.82, 2.24) is 0 Å². The number of carbonyl (C=O) groups excluding carboxylic acids is 3. The monoisotopic (exact) mass is 293 g/mol. The van der Waals surface area contributed by atoms with Crippen molar-refractivity contribution in [1.29, 1.82) is 0 Å². The van der Waals surface area contributed by atoms with E-state index in [0.717, 1.165) is 17.1 Å². The molecule has 1 heterocycles. The number of rotatable bonds is 3. The summed E-state index contributed by atoms with van der Waals surface area (Å²) >= 11 is 0. The van der Waals surface area contributed by atoms with E-state index in [4.69, 9.17) is 0 Å². The van der Waals surface area contributed by atoms with Gasteiger partial charge in [-0.25, -0.2) is 4.90 Å². The maximum Gasteiger partial charge on any atom is 0.258 e. The molecule has 0 saturated heterocycles. The van der Waals surface area contributed by atoms with Gasteiger partial charge in [0.1, 0.15) is 5.75 Å². The third-order valence-corrected chi connectivity index (χ3v) is 3.33. The van der Waals surface area contributed by atoms with Gasteiger partial charge in [0.25, 0.3) is 11.8 Å². The van der Waals surface area contributed by atoms with Crippen LogP contribution >= 0.6 is 0 Å². The predicted molar refractivity (Wildman–Crippen MR) is 79.6 cm³/mol. The van der Waals surface area contributed by atoms with Gasteiger partial charge in [-0.05, 0) is 12.1 Å². The first-order valence-electron chi connectivity index (χ1n) is 6.57. The van der Waals surface area contributed by atoms with Crippen LogP contribution in [-0.4, -0.2) is 22.7 Å². The molecular weight excluding hydrogens is 282 g/mol. The molecule has 108 valence electrons. The van der Waals surface area contributed by atoms with Crippen LogP contribution in [0.1, 0.15) is 15.9 Å². The molecule has 2 amide bonds. The maximum absolute atomic E-state index is 12.3. The van der Waals surface area contributed by atoms with Crippen LogP contribution < -0.4 is 4.90 Å². The number of carbonyl (C=O) groups is 3. The van der Waals surface area contributed by atoms with Crippen LogP contribution in [0, 0.1) is 0 Å². The van der Waals surface area contributed by atoms with Crippen LogP contribution in [-0.2, 0) is 9.59 Å². The number of hydrogen-bond acceptors (Lipinski definition) is 4. The fourth-order valence-electron chi connectivity index (χ4n) is 2.25. The van der Waals surface area contributed by atoms with Crippen LogP contribution in [0.15, 0.2) is 60.7 Å². The molecule has 22 heavy (non-hydrogen) atoms. The van der Waals surface area contributed by atoms with Crippen LogP contribution in [0.2, 0.25) is 0 Å². The molecule has 0 aliphatic carbocycles. The lowest BCUT2D eigenvalue weighted by Gasteiger charge is -2.15. The van der Waals surface area contributed by atoms with Crippen molar-refractivity contribution in [3.8, 4) is 5.75 Å². The van der Waals surface area contributed by atoms with Crippen molar-refractivity contribution >= 4 is 23.3 Å². The molecule has 0 atom stereocenters. The zero-order valence-corrected chi connectivity index (χ0v) is 11.4. The first-order valence-corrected chi connectivity index (χ1v) is 6.57. The highest BCUT2D eigenvalue weighted by Crippen LogP contribution is 2.28. The van der Waals surface area contributed by atoms with Gasteiger partial charge in [-0.3, -0.25) is 14.4 Å². The number of aromatic hydroxyl groups is 1. The van der Waals surface area contributed by atoms with E-state index in [1.165, 1.54) is 18.2 Å². The molecule has 0 spiro atoms. The Hall–Kier alpha value is -3.21. The van der Waals surface area contributed by atoms with Gasteiger partial charge in [-0.2, -0.15) is 0 Å². The van der Waals surface area contributed by atoms with Crippen LogP contribution in [0.25, 0.3) is 0 Å². The van der Waals surface area contributed by atoms with Crippen molar-refractivity contribution in [3.05, 3.63) is 71.8 Å². The second-order valence-corrected chi connectivity index (χ2v) is 4.74. The van der Waals surface area contributed by atoms with Crippen LogP contribution in [0.5, 0.6) is 5.75 Å². The molecule has 0 aromatic heterocycles. The van der Waals surface area contributed by atoms with Crippen molar-refractivity contribution in [2.24, 2.45) is 0 Å². The van der Waals surface area contributed by atoms with E-state index in [1.54, 1.807) is 30.3 Å². The number of imide groups is 1. The first-order chi connectivity index (χ1) is 10.6. The fraction of sp³-hybridized carbons (Fsp3) is 0. The minimum Gasteiger partial charge on any atom is -0.507 e. The Labute approximate surface area is 126 Å². The third kappa shape index (κ3) is 2.29. The molecule has 1 N–H and O–H groups in total. The zero-order valence-electron chi connectivity index (χ0n) is 11.4. The average Bonchev–Trinajstić information content (AvgIpc) is 2.86. The second-order valence-electron chi connectivity index (χ2n) is 4.74. The highest BCUT2D eigenvalue weighted by Gasteiger charge is 2.26. The van der Waals surface area contributed by atoms with Crippen molar-refractivity contribution in [2.75, 3.05) is 4.90 Å². The summed E-state index contributed by atoms with van der Waals surface area (Å²) in [5.41, 5.74) is 0.782. The molecule has 1 aliphatic heterocycles. The standard InChI is InChI=1S/C17H11NO4/c19-14-10-12(18-15(20)8-9-16(18)21)6-7-13(14)17(22)11-4-2-1-3-5-11/h1-10,19H. The normalized spacial score (nSPS) is 13.7. The predicted octanol–water partition coefficient (Wildman–Crippen LogP) is 2.05. The van der Waals surface area contributed by atoms with Gasteiger partial charge in [0.05, 0.1) is 11.3 Å². The zero-order chi connectivity index (χ0) is 15.7. The summed E-state index contributed by atoms with van der Waals surface area (Å²) in [6.45, 7) is 0. The van der Waals surface area contributed by atoms with Crippen molar-refractivity contribution in [3.63, 3.8) is 0 Å². The SMILES string of the molecule is O=C(c1ccccc1)c1ccc(N2C(=O)C=CC2=O)cc1O. The molecular formula is C17H11NO4. The lowest BCUT2D eigenvalue weighted by atomic mass is 10.0. The van der Waals surface area contributed by atoms with Gasteiger partial charge >= 0.3 is 0 Å². The molecule has 5 nitrogen and oxygen atoms in total. The lowest BCUT2D eigenvalue weighted by Crippen LogP contribution is -2.29. The van der Waals surface area contributed by atoms with E-state index in [2.05, 4.69) is 0 Å². The number of phenols is 1. The fourth-order valence-corrected chi connectivity index (χ4v) is 2.25. The van der Waals surface area contributed by atoms with E-state index in [0.29, 0.717) is 5.56 Å². The third-order valence-electron chi connectivity index (χ3n) is 3.33. The van der Waals surface area contributed by atoms with Gasteiger partial charge in [0, 0.05) is 23.8 Å². The smallest absolute Gasteiger partial charge is 0.258 e. The molecule has 0 radical (unpaired) electrons. The molecule has 1 aliphatic rings. The molecule has 0 fully saturated rings. The highest BCUT2D eigenvalue weighted by molar-refractivity contribution is 6.28. The Morgan fingerprint density at radius 1 is 0.909 bits per heavy atom. The van der Waals surface area contributed by atoms with E-state index in [9.17, 15) is 19.5 Å². The molecule has 5 heteroatoms. The Balaban J connectivity index is 1.95. The molecule has 2 aromatic carbocycles. The van der Waals surface area contributed by atoms with E-state index in [-0.39, 0.29) is 22.8 Å². The average molecular weight is 293 g/mol. The number of anilines is 1. The Bertz CT molecular complexity index is 791. The van der Waals surface area contributed by atoms with Gasteiger partial charge in [-0.1, -0.05) is 30.3 Å². The van der Waals surface area contributed by atoms with E-state index >= 15 is 0 Å². The Kier molecular flexibility index (Phi) is 3.31. The van der Waals surface area contributed by atoms with Gasteiger partial charge in [-0.15, -0.1) is 0 Å². The largest absolute Gasteiger partial charge is 0.507 e. The molecule has 2 aromatic rings. The number of amides is 2. The summed E-state index contributed by atoms with van der Waals surface area (Å²) in [6, 6.07) is 12.6. The molecule has 3 rings (SSSR count). The molecule has 0 unspecified atom stereocenters. The number of benzene rings is 2. The summed E-state index contributed by atoms with van der Waals surface area (Å²) < 4.78 is 0. The number of ketones is 1. The second kappa shape index (κ2) is 5.29. The summed E-state index contributed by atoms with van der Waals surface area (Å²) in [5.74, 6) is -1.57. The lowest BCUT2D eigenvalue weighted by molar-refractivity contribution is -0.119. The number of phenolic OH excluding ortho intramolecular Hbond substituents is 1. The van der Waals surface area contributed by atoms with Gasteiger partial charge in [0.2, 0.25) is 0 Å². The summed E-state index contributed by atoms with van der Waals surface area (Å²) in [7, 11) is 0. The molecule has 0 bridgehead atoms. The summed E-state index contributed by atoms with van der Waals surface area (Å²) in [6.07, 6.45) is 2.31. The van der Waals surface area contributed by atoms with E-state index in [1.807, 2.05) is 0 Å². The van der Waals surface area contributed by atoms with Gasteiger partial charge in [0.15, 0.2) is 5.78 Å². The quantitative estimate of drug-likeness (QED) is 0.694. The van der Waals surface area contributed by atoms with Crippen LogP contribution in [0.3, 0.4) is 0 Å². The first kappa shape index (κ1) is 13.8. The highest BCUT2D eigenvalue weighted by atomic mass is 16.3. The number of nitrogens with zero attached hydrogens (tertiary/aromatic N) is 1. The van der Waals surface area contributed by atoms with Crippen molar-refractivity contribution < 1.29 is 19.5 Å². The Morgan fingerprint density at radius 3 is 2.14 bits per heavy atom. The minimum absolute atomic E-state index is 0.113. The maximum atomic E-state index is 12.3. The van der Waals surface area contributed by atoms with Crippen LogP contribution in [0.4, 0.5) is 5.69 Å². The van der Waals surface area contributed by atoms with Crippen molar-refractivity contribution in [2.45, 2.75) is 0 Å². The molecule has 0 saturated carbocycles. The number of hydrogen-bond donors (Lipinski definition) is 1. The summed E-state index contributed by atoms with van der Waals surface area (Å²) in [5, 5.41) is 10.1. The summed E-state index contributed by atoms with van der Waals surface area (Å²) in [4.78, 5) is 36.4. The van der Waals surface area contributed by atoms with E-state index < -0.39 is 11.8 Å².